The zero-order valence-corrected chi connectivity index (χ0v) is 6.53. The summed E-state index contributed by atoms with van der Waals surface area (Å²) in [6, 6.07) is 0. The van der Waals surface area contributed by atoms with Gasteiger partial charge in [0.25, 0.3) is 0 Å². The van der Waals surface area contributed by atoms with Crippen molar-refractivity contribution in [2.45, 2.75) is 25.0 Å². The van der Waals surface area contributed by atoms with Gasteiger partial charge in [0.15, 0.2) is 0 Å². The molecule has 0 radical (unpaired) electrons. The highest BCUT2D eigenvalue weighted by molar-refractivity contribution is 4.91. The first-order chi connectivity index (χ1) is 5.27. The van der Waals surface area contributed by atoms with Crippen molar-refractivity contribution in [2.75, 3.05) is 13.1 Å². The predicted molar refractivity (Wildman–Crippen MR) is 41.1 cm³/mol. The molecule has 0 aromatic carbocycles. The average molecular weight is 157 g/mol. The minimum absolute atomic E-state index is 0.476. The van der Waals surface area contributed by atoms with Gasteiger partial charge in [-0.1, -0.05) is 0 Å². The molecule has 0 amide bonds. The molecule has 1 saturated heterocycles. The fourth-order valence-corrected chi connectivity index (χ4v) is 2.27. The Kier molecular flexibility index (Phi) is 1.87. The Morgan fingerprint density at radius 1 is 0.909 bits per heavy atom. The second kappa shape index (κ2) is 2.73. The van der Waals surface area contributed by atoms with E-state index < -0.39 is 12.2 Å². The number of hydrogen-bond donors (Lipinski definition) is 3. The number of aliphatic hydroxyl groups excluding tert-OH is 2. The van der Waals surface area contributed by atoms with Crippen molar-refractivity contribution < 1.29 is 10.2 Å². The summed E-state index contributed by atoms with van der Waals surface area (Å²) in [4.78, 5) is 0. The van der Waals surface area contributed by atoms with Crippen LogP contribution in [0.3, 0.4) is 0 Å². The van der Waals surface area contributed by atoms with E-state index in [9.17, 15) is 10.2 Å². The molecule has 2 aliphatic rings. The first kappa shape index (κ1) is 7.53. The van der Waals surface area contributed by atoms with Gasteiger partial charge in [0.2, 0.25) is 0 Å². The predicted octanol–water partition coefficient (Wildman–Crippen LogP) is -0.662. The number of hydrogen-bond acceptors (Lipinski definition) is 3. The lowest BCUT2D eigenvalue weighted by Crippen LogP contribution is -2.38. The SMILES string of the molecule is OC1CC2CNCC2CC1O. The lowest BCUT2D eigenvalue weighted by atomic mass is 9.79. The summed E-state index contributed by atoms with van der Waals surface area (Å²) in [5.41, 5.74) is 0. The molecular weight excluding hydrogens is 142 g/mol. The molecule has 2 fully saturated rings. The highest BCUT2D eigenvalue weighted by Gasteiger charge is 2.37. The van der Waals surface area contributed by atoms with E-state index in [0.29, 0.717) is 11.8 Å². The summed E-state index contributed by atoms with van der Waals surface area (Å²) in [6.07, 6.45) is 0.602. The molecule has 0 bridgehead atoms. The fraction of sp³-hybridized carbons (Fsp3) is 1.00. The van der Waals surface area contributed by atoms with Crippen LogP contribution in [-0.2, 0) is 0 Å². The molecule has 2 rings (SSSR count). The Labute approximate surface area is 66.4 Å². The zero-order valence-electron chi connectivity index (χ0n) is 6.53. The highest BCUT2D eigenvalue weighted by atomic mass is 16.3. The molecular formula is C8H15NO2. The third kappa shape index (κ3) is 1.28. The summed E-state index contributed by atoms with van der Waals surface area (Å²) in [5.74, 6) is 1.21. The van der Waals surface area contributed by atoms with Gasteiger partial charge in [0.05, 0.1) is 12.2 Å². The average Bonchev–Trinajstić information content (AvgIpc) is 2.36. The standard InChI is InChI=1S/C8H15NO2/c10-7-1-5-3-9-4-6(5)2-8(7)11/h5-11H,1-4H2. The van der Waals surface area contributed by atoms with Crippen LogP contribution >= 0.6 is 0 Å². The Morgan fingerprint density at radius 2 is 1.36 bits per heavy atom. The molecule has 0 spiro atoms. The van der Waals surface area contributed by atoms with Gasteiger partial charge in [0, 0.05) is 0 Å². The van der Waals surface area contributed by atoms with E-state index in [1.165, 1.54) is 0 Å². The van der Waals surface area contributed by atoms with Crippen molar-refractivity contribution in [1.29, 1.82) is 0 Å². The molecule has 1 aliphatic heterocycles. The molecule has 3 nitrogen and oxygen atoms in total. The van der Waals surface area contributed by atoms with Crippen LogP contribution in [0.2, 0.25) is 0 Å². The second-order valence-electron chi connectivity index (χ2n) is 3.78. The second-order valence-corrected chi connectivity index (χ2v) is 3.78. The van der Waals surface area contributed by atoms with Gasteiger partial charge in [-0.25, -0.2) is 0 Å². The molecule has 1 saturated carbocycles. The van der Waals surface area contributed by atoms with Crippen LogP contribution in [0.15, 0.2) is 0 Å². The van der Waals surface area contributed by atoms with Crippen LogP contribution in [0.5, 0.6) is 0 Å². The Balaban J connectivity index is 2.00. The third-order valence-electron chi connectivity index (χ3n) is 3.01. The van der Waals surface area contributed by atoms with Crippen molar-refractivity contribution in [2.24, 2.45) is 11.8 Å². The first-order valence-electron chi connectivity index (χ1n) is 4.34. The van der Waals surface area contributed by atoms with Gasteiger partial charge < -0.3 is 15.5 Å². The maximum Gasteiger partial charge on any atom is 0.0802 e. The van der Waals surface area contributed by atoms with E-state index >= 15 is 0 Å². The maximum atomic E-state index is 9.35. The number of rotatable bonds is 0. The molecule has 3 heteroatoms. The number of aliphatic hydroxyl groups is 2. The monoisotopic (exact) mass is 157 g/mol. The molecule has 0 aromatic heterocycles. The number of fused-ring (bicyclic) bond motifs is 1. The van der Waals surface area contributed by atoms with Gasteiger partial charge >= 0.3 is 0 Å². The van der Waals surface area contributed by atoms with Crippen molar-refractivity contribution in [3.63, 3.8) is 0 Å². The van der Waals surface area contributed by atoms with Gasteiger partial charge in [-0.3, -0.25) is 0 Å². The van der Waals surface area contributed by atoms with Crippen molar-refractivity contribution in [3.8, 4) is 0 Å². The third-order valence-corrected chi connectivity index (χ3v) is 3.01. The molecule has 64 valence electrons. The van der Waals surface area contributed by atoms with Crippen LogP contribution in [0.1, 0.15) is 12.8 Å². The minimum Gasteiger partial charge on any atom is -0.390 e. The molecule has 0 aromatic rings. The summed E-state index contributed by atoms with van der Waals surface area (Å²) < 4.78 is 0. The van der Waals surface area contributed by atoms with E-state index in [4.69, 9.17) is 0 Å². The van der Waals surface area contributed by atoms with E-state index in [2.05, 4.69) is 5.32 Å². The molecule has 4 atom stereocenters. The highest BCUT2D eigenvalue weighted by Crippen LogP contribution is 2.32. The van der Waals surface area contributed by atoms with Crippen LogP contribution in [-0.4, -0.2) is 35.5 Å². The Bertz CT molecular complexity index is 135. The lowest BCUT2D eigenvalue weighted by molar-refractivity contribution is -0.0372. The van der Waals surface area contributed by atoms with Crippen LogP contribution in [0.25, 0.3) is 0 Å². The van der Waals surface area contributed by atoms with Crippen LogP contribution in [0.4, 0.5) is 0 Å². The number of nitrogens with one attached hydrogen (secondary N) is 1. The summed E-state index contributed by atoms with van der Waals surface area (Å²) in [7, 11) is 0. The largest absolute Gasteiger partial charge is 0.390 e. The quantitative estimate of drug-likeness (QED) is 0.437. The van der Waals surface area contributed by atoms with E-state index in [0.717, 1.165) is 25.9 Å². The van der Waals surface area contributed by atoms with Gasteiger partial charge in [-0.2, -0.15) is 0 Å². The molecule has 3 N–H and O–H groups in total. The van der Waals surface area contributed by atoms with Crippen molar-refractivity contribution in [1.82, 2.24) is 5.32 Å². The topological polar surface area (TPSA) is 52.5 Å². The lowest BCUT2D eigenvalue weighted by Gasteiger charge is -2.32. The fourth-order valence-electron chi connectivity index (χ4n) is 2.27. The minimum atomic E-state index is -0.476. The smallest absolute Gasteiger partial charge is 0.0802 e. The zero-order chi connectivity index (χ0) is 7.84. The summed E-state index contributed by atoms with van der Waals surface area (Å²) in [6.45, 7) is 2.04. The normalized spacial score (nSPS) is 50.7. The van der Waals surface area contributed by atoms with Gasteiger partial charge in [-0.05, 0) is 37.8 Å². The summed E-state index contributed by atoms with van der Waals surface area (Å²) in [5, 5.41) is 22.0. The van der Waals surface area contributed by atoms with Crippen LogP contribution < -0.4 is 5.32 Å². The molecule has 11 heavy (non-hydrogen) atoms. The van der Waals surface area contributed by atoms with Gasteiger partial charge in [0.1, 0.15) is 0 Å². The van der Waals surface area contributed by atoms with Crippen molar-refractivity contribution in [3.05, 3.63) is 0 Å². The van der Waals surface area contributed by atoms with Crippen LogP contribution in [0, 0.1) is 11.8 Å². The van der Waals surface area contributed by atoms with E-state index in [1.54, 1.807) is 0 Å². The molecule has 1 aliphatic carbocycles. The Morgan fingerprint density at radius 3 is 1.82 bits per heavy atom. The summed E-state index contributed by atoms with van der Waals surface area (Å²) >= 11 is 0. The molecule has 4 unspecified atom stereocenters. The Hall–Kier alpha value is -0.120. The maximum absolute atomic E-state index is 9.35. The molecule has 1 heterocycles. The first-order valence-corrected chi connectivity index (χ1v) is 4.34. The van der Waals surface area contributed by atoms with E-state index in [1.807, 2.05) is 0 Å². The van der Waals surface area contributed by atoms with Gasteiger partial charge in [-0.15, -0.1) is 0 Å². The van der Waals surface area contributed by atoms with Crippen molar-refractivity contribution >= 4 is 0 Å². The van der Waals surface area contributed by atoms with E-state index in [-0.39, 0.29) is 0 Å².